The lowest BCUT2D eigenvalue weighted by atomic mass is 10.1. The smallest absolute Gasteiger partial charge is 0.410 e. The molecule has 22 heavy (non-hydrogen) atoms. The lowest BCUT2D eigenvalue weighted by Gasteiger charge is -2.27. The van der Waals surface area contributed by atoms with Gasteiger partial charge in [-0.1, -0.05) is 30.3 Å². The van der Waals surface area contributed by atoms with Crippen LogP contribution >= 0.6 is 22.6 Å². The Morgan fingerprint density at radius 1 is 1.32 bits per heavy atom. The van der Waals surface area contributed by atoms with Gasteiger partial charge < -0.3 is 14.6 Å². The largest absolute Gasteiger partial charge is 0.445 e. The van der Waals surface area contributed by atoms with Crippen LogP contribution in [-0.2, 0) is 24.3 Å². The number of fused-ring (bicyclic) bond motifs is 1. The number of nitrogens with zero attached hydrogens (tertiary/aromatic N) is 1. The Hall–Kier alpha value is -1.83. The number of hydrogen-bond acceptors (Lipinski definition) is 3. The number of hydrogen-bond donors (Lipinski definition) is 1. The topological polar surface area (TPSA) is 62.4 Å². The average molecular weight is 410 g/mol. The molecule has 0 atom stereocenters. The van der Waals surface area contributed by atoms with Crippen LogP contribution in [0.2, 0.25) is 0 Å². The molecule has 2 aromatic rings. The van der Waals surface area contributed by atoms with E-state index in [9.17, 15) is 9.59 Å². The number of carbonyl (C=O) groups is 1. The molecule has 0 bridgehead atoms. The van der Waals surface area contributed by atoms with E-state index in [-0.39, 0.29) is 18.1 Å². The van der Waals surface area contributed by atoms with Gasteiger partial charge in [-0.25, -0.2) is 4.79 Å². The number of aromatic nitrogens is 1. The Morgan fingerprint density at radius 2 is 2.09 bits per heavy atom. The number of benzene rings is 1. The van der Waals surface area contributed by atoms with E-state index in [0.29, 0.717) is 28.6 Å². The average Bonchev–Trinajstić information content (AvgIpc) is 2.57. The van der Waals surface area contributed by atoms with Crippen LogP contribution in [0.5, 0.6) is 0 Å². The van der Waals surface area contributed by atoms with Crippen LogP contribution in [0.4, 0.5) is 4.79 Å². The van der Waals surface area contributed by atoms with Crippen LogP contribution in [0.25, 0.3) is 0 Å². The van der Waals surface area contributed by atoms with Crippen molar-refractivity contribution in [1.29, 1.82) is 0 Å². The summed E-state index contributed by atoms with van der Waals surface area (Å²) in [4.78, 5) is 29.0. The maximum atomic E-state index is 12.2. The van der Waals surface area contributed by atoms with Gasteiger partial charge in [0.2, 0.25) is 0 Å². The van der Waals surface area contributed by atoms with Gasteiger partial charge >= 0.3 is 6.09 Å². The number of halogens is 1. The van der Waals surface area contributed by atoms with E-state index in [4.69, 9.17) is 4.74 Å². The van der Waals surface area contributed by atoms with E-state index in [2.05, 4.69) is 4.98 Å². The van der Waals surface area contributed by atoms with Gasteiger partial charge in [0, 0.05) is 30.4 Å². The first-order valence-electron chi connectivity index (χ1n) is 6.99. The molecule has 1 aromatic heterocycles. The summed E-state index contributed by atoms with van der Waals surface area (Å²) in [6.45, 7) is 1.10. The van der Waals surface area contributed by atoms with Gasteiger partial charge in [0.25, 0.3) is 0 Å². The summed E-state index contributed by atoms with van der Waals surface area (Å²) >= 11 is 2.00. The number of rotatable bonds is 2. The van der Waals surface area contributed by atoms with E-state index >= 15 is 0 Å². The Morgan fingerprint density at radius 3 is 2.86 bits per heavy atom. The van der Waals surface area contributed by atoms with Crippen molar-refractivity contribution in [3.8, 4) is 0 Å². The normalized spacial score (nSPS) is 13.6. The number of aromatic amines is 1. The third-order valence-electron chi connectivity index (χ3n) is 3.67. The van der Waals surface area contributed by atoms with Crippen molar-refractivity contribution in [1.82, 2.24) is 9.88 Å². The van der Waals surface area contributed by atoms with E-state index in [1.54, 1.807) is 11.1 Å². The second kappa shape index (κ2) is 6.51. The highest BCUT2D eigenvalue weighted by Crippen LogP contribution is 2.16. The minimum absolute atomic E-state index is 0.00471. The minimum atomic E-state index is -0.382. The standard InChI is InChI=1S/C16H15IN2O3/c17-13-8-18-14-6-7-19(9-12(14)15(13)20)16(21)22-10-11-4-2-1-3-5-11/h1-5,8H,6-7,9-10H2,(H,18,20). The number of H-pyrrole nitrogens is 1. The summed E-state index contributed by atoms with van der Waals surface area (Å²) in [5.74, 6) is 0. The third kappa shape index (κ3) is 3.16. The van der Waals surface area contributed by atoms with Crippen LogP contribution in [0.1, 0.15) is 16.8 Å². The second-order valence-electron chi connectivity index (χ2n) is 5.13. The molecule has 0 saturated heterocycles. The van der Waals surface area contributed by atoms with Gasteiger partial charge in [-0.2, -0.15) is 0 Å². The van der Waals surface area contributed by atoms with Crippen LogP contribution < -0.4 is 5.43 Å². The molecule has 0 radical (unpaired) electrons. The maximum Gasteiger partial charge on any atom is 0.410 e. The van der Waals surface area contributed by atoms with Gasteiger partial charge in [-0.15, -0.1) is 0 Å². The first kappa shape index (κ1) is 15.1. The van der Waals surface area contributed by atoms with Crippen molar-refractivity contribution in [3.63, 3.8) is 0 Å². The molecule has 0 fully saturated rings. The fraction of sp³-hybridized carbons (Fsp3) is 0.250. The molecular weight excluding hydrogens is 395 g/mol. The van der Waals surface area contributed by atoms with E-state index in [1.165, 1.54) is 0 Å². The summed E-state index contributed by atoms with van der Waals surface area (Å²) in [5, 5.41) is 0. The van der Waals surface area contributed by atoms with Crippen molar-refractivity contribution in [3.05, 3.63) is 67.1 Å². The van der Waals surface area contributed by atoms with Crippen LogP contribution in [0.3, 0.4) is 0 Å². The zero-order valence-corrected chi connectivity index (χ0v) is 14.0. The van der Waals surface area contributed by atoms with Gasteiger partial charge in [-0.3, -0.25) is 4.79 Å². The monoisotopic (exact) mass is 410 g/mol. The second-order valence-corrected chi connectivity index (χ2v) is 6.30. The van der Waals surface area contributed by atoms with Crippen molar-refractivity contribution in [2.45, 2.75) is 19.6 Å². The molecule has 3 rings (SSSR count). The number of amides is 1. The summed E-state index contributed by atoms with van der Waals surface area (Å²) in [6.07, 6.45) is 1.97. The number of carbonyl (C=O) groups excluding carboxylic acids is 1. The summed E-state index contributed by atoms with van der Waals surface area (Å²) < 4.78 is 5.96. The quantitative estimate of drug-likeness (QED) is 0.775. The van der Waals surface area contributed by atoms with E-state index in [0.717, 1.165) is 11.3 Å². The van der Waals surface area contributed by atoms with Crippen LogP contribution in [0, 0.1) is 3.57 Å². The summed E-state index contributed by atoms with van der Waals surface area (Å²) in [6, 6.07) is 9.54. The lowest BCUT2D eigenvalue weighted by Crippen LogP contribution is -2.39. The summed E-state index contributed by atoms with van der Waals surface area (Å²) in [5.41, 5.74) is 2.52. The number of ether oxygens (including phenoxy) is 1. The molecule has 114 valence electrons. The molecule has 6 heteroatoms. The van der Waals surface area contributed by atoms with Crippen LogP contribution in [0.15, 0.2) is 41.3 Å². The summed E-state index contributed by atoms with van der Waals surface area (Å²) in [7, 11) is 0. The zero-order chi connectivity index (χ0) is 15.5. The highest BCUT2D eigenvalue weighted by Gasteiger charge is 2.24. The van der Waals surface area contributed by atoms with Gasteiger partial charge in [0.15, 0.2) is 5.43 Å². The molecule has 1 amide bonds. The molecule has 1 aliphatic rings. The highest BCUT2D eigenvalue weighted by atomic mass is 127. The molecule has 0 unspecified atom stereocenters. The number of nitrogens with one attached hydrogen (secondary N) is 1. The van der Waals surface area contributed by atoms with Crippen molar-refractivity contribution >= 4 is 28.7 Å². The molecule has 2 heterocycles. The first-order chi connectivity index (χ1) is 10.6. The molecule has 0 spiro atoms. The molecule has 1 aliphatic heterocycles. The fourth-order valence-corrected chi connectivity index (χ4v) is 2.94. The minimum Gasteiger partial charge on any atom is -0.445 e. The van der Waals surface area contributed by atoms with Gasteiger partial charge in [0.05, 0.1) is 10.1 Å². The molecule has 1 aromatic carbocycles. The Bertz CT molecular complexity index is 743. The molecule has 0 aliphatic carbocycles. The molecule has 5 nitrogen and oxygen atoms in total. The zero-order valence-electron chi connectivity index (χ0n) is 11.8. The Labute approximate surface area is 141 Å². The third-order valence-corrected chi connectivity index (χ3v) is 4.47. The van der Waals surface area contributed by atoms with Crippen LogP contribution in [-0.4, -0.2) is 22.5 Å². The first-order valence-corrected chi connectivity index (χ1v) is 8.07. The Kier molecular flexibility index (Phi) is 4.47. The molecule has 0 saturated carbocycles. The van der Waals surface area contributed by atoms with E-state index in [1.807, 2.05) is 52.9 Å². The van der Waals surface area contributed by atoms with Crippen molar-refractivity contribution in [2.75, 3.05) is 6.54 Å². The maximum absolute atomic E-state index is 12.2. The molecular formula is C16H15IN2O3. The molecule has 1 N–H and O–H groups in total. The predicted octanol–water partition coefficient (Wildman–Crippen LogP) is 2.67. The van der Waals surface area contributed by atoms with Crippen molar-refractivity contribution < 1.29 is 9.53 Å². The van der Waals surface area contributed by atoms with Gasteiger partial charge in [0.1, 0.15) is 6.61 Å². The Balaban J connectivity index is 1.68. The predicted molar refractivity (Wildman–Crippen MR) is 90.5 cm³/mol. The highest BCUT2D eigenvalue weighted by molar-refractivity contribution is 14.1. The van der Waals surface area contributed by atoms with Crippen molar-refractivity contribution in [2.24, 2.45) is 0 Å². The van der Waals surface area contributed by atoms with Gasteiger partial charge in [-0.05, 0) is 28.2 Å². The fourth-order valence-electron chi connectivity index (χ4n) is 2.46. The number of pyridine rings is 1. The SMILES string of the molecule is O=C(OCc1ccccc1)N1CCc2[nH]cc(I)c(=O)c2C1. The van der Waals surface area contributed by atoms with E-state index < -0.39 is 0 Å². The lowest BCUT2D eigenvalue weighted by molar-refractivity contribution is 0.0914.